The molecule has 3 heterocycles. The van der Waals surface area contributed by atoms with E-state index in [2.05, 4.69) is 17.0 Å². The highest BCUT2D eigenvalue weighted by Crippen LogP contribution is 2.31. The van der Waals surface area contributed by atoms with Gasteiger partial charge in [-0.3, -0.25) is 9.69 Å². The fourth-order valence-corrected chi connectivity index (χ4v) is 3.12. The van der Waals surface area contributed by atoms with Crippen LogP contribution in [0.2, 0.25) is 0 Å². The number of hydrogen-bond donors (Lipinski definition) is 0. The standard InChI is InChI=1S/C18H20N2O4/c21-18(15-3-8-22-13-15)20-6-4-19(5-7-20)12-14-1-2-16-17(11-14)24-10-9-23-16/h1-3,8,11,13H,4-7,9-10,12H2. The highest BCUT2D eigenvalue weighted by atomic mass is 16.6. The molecule has 0 radical (unpaired) electrons. The van der Waals surface area contributed by atoms with Crippen LogP contribution >= 0.6 is 0 Å². The maximum Gasteiger partial charge on any atom is 0.257 e. The number of hydrogen-bond acceptors (Lipinski definition) is 5. The van der Waals surface area contributed by atoms with Gasteiger partial charge in [0.2, 0.25) is 0 Å². The van der Waals surface area contributed by atoms with Crippen LogP contribution in [-0.2, 0) is 6.54 Å². The Morgan fingerprint density at radius 1 is 1.00 bits per heavy atom. The molecule has 1 fully saturated rings. The third-order valence-corrected chi connectivity index (χ3v) is 4.44. The first-order valence-corrected chi connectivity index (χ1v) is 8.22. The van der Waals surface area contributed by atoms with Crippen LogP contribution in [0.4, 0.5) is 0 Å². The van der Waals surface area contributed by atoms with E-state index < -0.39 is 0 Å². The van der Waals surface area contributed by atoms with Crippen LogP contribution < -0.4 is 9.47 Å². The maximum absolute atomic E-state index is 12.3. The molecule has 2 aliphatic heterocycles. The topological polar surface area (TPSA) is 55.2 Å². The third kappa shape index (κ3) is 3.10. The van der Waals surface area contributed by atoms with Crippen molar-refractivity contribution < 1.29 is 18.7 Å². The second-order valence-corrected chi connectivity index (χ2v) is 6.06. The minimum Gasteiger partial charge on any atom is -0.486 e. The van der Waals surface area contributed by atoms with Gasteiger partial charge in [-0.2, -0.15) is 0 Å². The first kappa shape index (κ1) is 15.1. The van der Waals surface area contributed by atoms with E-state index in [9.17, 15) is 4.79 Å². The molecule has 2 aliphatic rings. The van der Waals surface area contributed by atoms with Crippen LogP contribution in [-0.4, -0.2) is 55.1 Å². The molecule has 1 saturated heterocycles. The number of carbonyl (C=O) groups excluding carboxylic acids is 1. The van der Waals surface area contributed by atoms with Crippen molar-refractivity contribution in [1.82, 2.24) is 9.80 Å². The SMILES string of the molecule is O=C(c1ccoc1)N1CCN(Cc2ccc3c(c2)OCCO3)CC1. The Kier molecular flexibility index (Phi) is 4.13. The Morgan fingerprint density at radius 3 is 2.54 bits per heavy atom. The molecule has 0 spiro atoms. The third-order valence-electron chi connectivity index (χ3n) is 4.44. The highest BCUT2D eigenvalue weighted by molar-refractivity contribution is 5.93. The molecule has 0 aliphatic carbocycles. The summed E-state index contributed by atoms with van der Waals surface area (Å²) in [7, 11) is 0. The van der Waals surface area contributed by atoms with Crippen molar-refractivity contribution in [3.63, 3.8) is 0 Å². The van der Waals surface area contributed by atoms with Gasteiger partial charge >= 0.3 is 0 Å². The fraction of sp³-hybridized carbons (Fsp3) is 0.389. The molecule has 126 valence electrons. The van der Waals surface area contributed by atoms with E-state index in [0.29, 0.717) is 18.8 Å². The fourth-order valence-electron chi connectivity index (χ4n) is 3.12. The van der Waals surface area contributed by atoms with E-state index in [0.717, 1.165) is 44.2 Å². The molecule has 24 heavy (non-hydrogen) atoms. The lowest BCUT2D eigenvalue weighted by atomic mass is 10.1. The van der Waals surface area contributed by atoms with Gasteiger partial charge in [-0.25, -0.2) is 0 Å². The number of nitrogens with zero attached hydrogens (tertiary/aromatic N) is 2. The largest absolute Gasteiger partial charge is 0.486 e. The second kappa shape index (κ2) is 6.57. The summed E-state index contributed by atoms with van der Waals surface area (Å²) in [4.78, 5) is 16.5. The molecule has 0 bridgehead atoms. The molecule has 0 saturated carbocycles. The smallest absolute Gasteiger partial charge is 0.257 e. The van der Waals surface area contributed by atoms with Gasteiger partial charge < -0.3 is 18.8 Å². The molecule has 1 amide bonds. The Balaban J connectivity index is 1.34. The summed E-state index contributed by atoms with van der Waals surface area (Å²) >= 11 is 0. The number of rotatable bonds is 3. The molecule has 0 unspecified atom stereocenters. The maximum atomic E-state index is 12.3. The number of ether oxygens (including phenoxy) is 2. The van der Waals surface area contributed by atoms with Gasteiger partial charge in [0.05, 0.1) is 11.8 Å². The van der Waals surface area contributed by atoms with Crippen LogP contribution in [0.25, 0.3) is 0 Å². The van der Waals surface area contributed by atoms with E-state index in [1.165, 1.54) is 18.1 Å². The Bertz CT molecular complexity index is 706. The number of fused-ring (bicyclic) bond motifs is 1. The summed E-state index contributed by atoms with van der Waals surface area (Å²) < 4.78 is 16.2. The summed E-state index contributed by atoms with van der Waals surface area (Å²) in [5, 5.41) is 0. The number of amides is 1. The zero-order valence-corrected chi connectivity index (χ0v) is 13.4. The first-order valence-electron chi connectivity index (χ1n) is 8.22. The first-order chi connectivity index (χ1) is 11.8. The van der Waals surface area contributed by atoms with E-state index in [1.807, 2.05) is 11.0 Å². The summed E-state index contributed by atoms with van der Waals surface area (Å²) in [6, 6.07) is 7.82. The van der Waals surface area contributed by atoms with Crippen LogP contribution in [0.1, 0.15) is 15.9 Å². The minimum absolute atomic E-state index is 0.0442. The van der Waals surface area contributed by atoms with Gasteiger partial charge in [0.1, 0.15) is 19.5 Å². The molecule has 2 aromatic rings. The lowest BCUT2D eigenvalue weighted by Gasteiger charge is -2.34. The number of piperazine rings is 1. The lowest BCUT2D eigenvalue weighted by molar-refractivity contribution is 0.0627. The Labute approximate surface area is 140 Å². The minimum atomic E-state index is 0.0442. The molecule has 0 atom stereocenters. The monoisotopic (exact) mass is 328 g/mol. The van der Waals surface area contributed by atoms with E-state index in [-0.39, 0.29) is 5.91 Å². The quantitative estimate of drug-likeness (QED) is 0.863. The van der Waals surface area contributed by atoms with Gasteiger partial charge in [-0.15, -0.1) is 0 Å². The van der Waals surface area contributed by atoms with Crippen molar-refractivity contribution in [1.29, 1.82) is 0 Å². The number of benzene rings is 1. The molecule has 6 nitrogen and oxygen atoms in total. The molecule has 1 aromatic heterocycles. The van der Waals surface area contributed by atoms with E-state index in [1.54, 1.807) is 6.07 Å². The predicted molar refractivity (Wildman–Crippen MR) is 87.3 cm³/mol. The molecule has 6 heteroatoms. The normalized spacial score (nSPS) is 17.8. The van der Waals surface area contributed by atoms with Crippen molar-refractivity contribution in [3.05, 3.63) is 47.9 Å². The van der Waals surface area contributed by atoms with E-state index in [4.69, 9.17) is 13.9 Å². The van der Waals surface area contributed by atoms with Crippen LogP contribution in [0, 0.1) is 0 Å². The molecular weight excluding hydrogens is 308 g/mol. The van der Waals surface area contributed by atoms with E-state index >= 15 is 0 Å². The Morgan fingerprint density at radius 2 is 1.79 bits per heavy atom. The van der Waals surface area contributed by atoms with Crippen molar-refractivity contribution in [2.75, 3.05) is 39.4 Å². The van der Waals surface area contributed by atoms with Crippen molar-refractivity contribution in [3.8, 4) is 11.5 Å². The predicted octanol–water partition coefficient (Wildman–Crippen LogP) is 2.01. The molecule has 0 N–H and O–H groups in total. The molecule has 1 aromatic carbocycles. The van der Waals surface area contributed by atoms with Crippen LogP contribution in [0.15, 0.2) is 41.2 Å². The summed E-state index contributed by atoms with van der Waals surface area (Å²) in [6.07, 6.45) is 3.04. The summed E-state index contributed by atoms with van der Waals surface area (Å²) in [6.45, 7) is 5.24. The zero-order valence-electron chi connectivity index (χ0n) is 13.4. The van der Waals surface area contributed by atoms with Crippen molar-refractivity contribution in [2.45, 2.75) is 6.54 Å². The zero-order chi connectivity index (χ0) is 16.4. The average molecular weight is 328 g/mol. The lowest BCUT2D eigenvalue weighted by Crippen LogP contribution is -2.48. The van der Waals surface area contributed by atoms with Gasteiger partial charge in [0, 0.05) is 32.7 Å². The highest BCUT2D eigenvalue weighted by Gasteiger charge is 2.23. The molecule has 4 rings (SSSR count). The van der Waals surface area contributed by atoms with Crippen LogP contribution in [0.5, 0.6) is 11.5 Å². The van der Waals surface area contributed by atoms with Gasteiger partial charge in [-0.05, 0) is 23.8 Å². The number of carbonyl (C=O) groups is 1. The van der Waals surface area contributed by atoms with Gasteiger partial charge in [0.25, 0.3) is 5.91 Å². The van der Waals surface area contributed by atoms with Gasteiger partial charge in [-0.1, -0.05) is 6.07 Å². The van der Waals surface area contributed by atoms with Crippen LogP contribution in [0.3, 0.4) is 0 Å². The Hall–Kier alpha value is -2.47. The van der Waals surface area contributed by atoms with Crippen molar-refractivity contribution >= 4 is 5.91 Å². The number of furan rings is 1. The molecular formula is C18H20N2O4. The second-order valence-electron chi connectivity index (χ2n) is 6.06. The van der Waals surface area contributed by atoms with Gasteiger partial charge in [0.15, 0.2) is 11.5 Å². The summed E-state index contributed by atoms with van der Waals surface area (Å²) in [5.74, 6) is 1.69. The average Bonchev–Trinajstić information content (AvgIpc) is 3.16. The summed E-state index contributed by atoms with van der Waals surface area (Å²) in [5.41, 5.74) is 1.82. The van der Waals surface area contributed by atoms with Crippen molar-refractivity contribution in [2.24, 2.45) is 0 Å².